The van der Waals surface area contributed by atoms with E-state index in [0.29, 0.717) is 33.7 Å². The van der Waals surface area contributed by atoms with E-state index in [1.165, 1.54) is 18.4 Å². The molecule has 1 atom stereocenters. The van der Waals surface area contributed by atoms with Crippen molar-refractivity contribution in [2.75, 3.05) is 20.8 Å². The van der Waals surface area contributed by atoms with E-state index in [1.54, 1.807) is 30.2 Å². The minimum Gasteiger partial charge on any atom is -0.493 e. The number of thiophene rings is 1. The monoisotopic (exact) mass is 395 g/mol. The fraction of sp³-hybridized carbons (Fsp3) is 0.333. The molecular formula is C18H18ClNO5S. The molecule has 1 aliphatic rings. The minimum atomic E-state index is -0.973. The van der Waals surface area contributed by atoms with Crippen LogP contribution in [0, 0.1) is 0 Å². The Morgan fingerprint density at radius 3 is 2.54 bits per heavy atom. The van der Waals surface area contributed by atoms with Crippen molar-refractivity contribution in [3.63, 3.8) is 0 Å². The molecule has 0 bridgehead atoms. The minimum absolute atomic E-state index is 0.187. The van der Waals surface area contributed by atoms with Gasteiger partial charge in [0.15, 0.2) is 11.5 Å². The molecule has 138 valence electrons. The molecule has 1 amide bonds. The Morgan fingerprint density at radius 2 is 1.96 bits per heavy atom. The number of amides is 1. The molecule has 0 saturated heterocycles. The second kappa shape index (κ2) is 7.55. The fourth-order valence-corrected chi connectivity index (χ4v) is 4.23. The van der Waals surface area contributed by atoms with E-state index < -0.39 is 12.0 Å². The number of carbonyl (C=O) groups is 2. The van der Waals surface area contributed by atoms with Gasteiger partial charge < -0.3 is 19.5 Å². The molecule has 6 nitrogen and oxygen atoms in total. The number of nitrogens with zero attached hydrogens (tertiary/aromatic N) is 1. The van der Waals surface area contributed by atoms with E-state index in [4.69, 9.17) is 21.1 Å². The second-order valence-electron chi connectivity index (χ2n) is 5.87. The lowest BCUT2D eigenvalue weighted by Gasteiger charge is -2.37. The Balaban J connectivity index is 2.03. The van der Waals surface area contributed by atoms with Crippen molar-refractivity contribution < 1.29 is 24.2 Å². The lowest BCUT2D eigenvalue weighted by molar-refractivity contribution is -0.138. The van der Waals surface area contributed by atoms with Crippen LogP contribution in [0.3, 0.4) is 0 Å². The number of carboxylic acids is 1. The lowest BCUT2D eigenvalue weighted by Crippen LogP contribution is -2.40. The van der Waals surface area contributed by atoms with E-state index in [-0.39, 0.29) is 12.3 Å². The molecule has 1 aromatic carbocycles. The van der Waals surface area contributed by atoms with Gasteiger partial charge in [0.05, 0.1) is 35.9 Å². The van der Waals surface area contributed by atoms with Crippen molar-refractivity contribution in [3.05, 3.63) is 44.6 Å². The Morgan fingerprint density at radius 1 is 1.27 bits per heavy atom. The van der Waals surface area contributed by atoms with Gasteiger partial charge >= 0.3 is 5.97 Å². The van der Waals surface area contributed by atoms with Crippen LogP contribution >= 0.6 is 22.9 Å². The van der Waals surface area contributed by atoms with Crippen molar-refractivity contribution in [2.45, 2.75) is 18.9 Å². The maximum absolute atomic E-state index is 12.9. The number of hydrogen-bond donors (Lipinski definition) is 1. The summed E-state index contributed by atoms with van der Waals surface area (Å²) in [6, 6.07) is 6.37. The number of rotatable bonds is 5. The quantitative estimate of drug-likeness (QED) is 0.836. The maximum Gasteiger partial charge on any atom is 0.305 e. The van der Waals surface area contributed by atoms with E-state index in [1.807, 2.05) is 6.07 Å². The van der Waals surface area contributed by atoms with Crippen LogP contribution in [0.4, 0.5) is 0 Å². The first-order valence-electron chi connectivity index (χ1n) is 7.97. The first-order valence-corrected chi connectivity index (χ1v) is 9.17. The van der Waals surface area contributed by atoms with Crippen molar-refractivity contribution in [3.8, 4) is 11.5 Å². The smallest absolute Gasteiger partial charge is 0.305 e. The van der Waals surface area contributed by atoms with Gasteiger partial charge in [-0.15, -0.1) is 11.3 Å². The molecule has 0 radical (unpaired) electrons. The summed E-state index contributed by atoms with van der Waals surface area (Å²) < 4.78 is 11.2. The third-order valence-corrected chi connectivity index (χ3v) is 5.63. The second-order valence-corrected chi connectivity index (χ2v) is 7.59. The normalized spacial score (nSPS) is 16.1. The summed E-state index contributed by atoms with van der Waals surface area (Å²) in [7, 11) is 3.08. The maximum atomic E-state index is 12.9. The van der Waals surface area contributed by atoms with Gasteiger partial charge in [0.2, 0.25) is 0 Å². The van der Waals surface area contributed by atoms with Crippen LogP contribution in [0.1, 0.15) is 33.3 Å². The van der Waals surface area contributed by atoms with Crippen molar-refractivity contribution in [1.29, 1.82) is 0 Å². The van der Waals surface area contributed by atoms with Crippen LogP contribution in [-0.4, -0.2) is 42.6 Å². The summed E-state index contributed by atoms with van der Waals surface area (Å²) in [5.41, 5.74) is 1.73. The number of hydrogen-bond acceptors (Lipinski definition) is 5. The number of methoxy groups -OCH3 is 2. The highest BCUT2D eigenvalue weighted by Gasteiger charge is 2.34. The van der Waals surface area contributed by atoms with Gasteiger partial charge in [0.25, 0.3) is 5.91 Å². The zero-order chi connectivity index (χ0) is 18.8. The molecule has 0 aliphatic carbocycles. The van der Waals surface area contributed by atoms with Crippen molar-refractivity contribution >= 4 is 34.8 Å². The summed E-state index contributed by atoms with van der Waals surface area (Å²) in [4.78, 5) is 26.5. The molecule has 2 aromatic rings. The highest BCUT2D eigenvalue weighted by Crippen LogP contribution is 2.40. The summed E-state index contributed by atoms with van der Waals surface area (Å²) in [6.07, 6.45) is 0.421. The van der Waals surface area contributed by atoms with Gasteiger partial charge in [-0.1, -0.05) is 11.6 Å². The fourth-order valence-electron chi connectivity index (χ4n) is 3.23. The first kappa shape index (κ1) is 18.5. The molecule has 1 aliphatic heterocycles. The van der Waals surface area contributed by atoms with Crippen molar-refractivity contribution in [1.82, 2.24) is 4.90 Å². The largest absolute Gasteiger partial charge is 0.493 e. The standard InChI is InChI=1S/C18H18ClNO5S/c1-24-13-7-10-5-6-20(18(23)15-3-4-16(19)26-15)12(9-17(21)22)11(10)8-14(13)25-2/h3-4,7-8,12H,5-6,9H2,1-2H3,(H,21,22). The van der Waals surface area contributed by atoms with Gasteiger partial charge in [0.1, 0.15) is 0 Å². The molecule has 1 N–H and O–H groups in total. The SMILES string of the molecule is COc1cc2c(cc1OC)C(CC(=O)O)N(C(=O)c1ccc(Cl)s1)CC2. The van der Waals surface area contributed by atoms with Crippen LogP contribution in [0.15, 0.2) is 24.3 Å². The van der Waals surface area contributed by atoms with E-state index in [9.17, 15) is 14.7 Å². The number of benzene rings is 1. The van der Waals surface area contributed by atoms with Gasteiger partial charge in [-0.2, -0.15) is 0 Å². The molecule has 0 saturated carbocycles. The number of aliphatic carboxylic acids is 1. The van der Waals surface area contributed by atoms with Gasteiger partial charge in [0, 0.05) is 6.54 Å². The van der Waals surface area contributed by atoms with E-state index in [0.717, 1.165) is 11.1 Å². The summed E-state index contributed by atoms with van der Waals surface area (Å²) >= 11 is 7.13. The number of carboxylic acid groups (broad SMARTS) is 1. The van der Waals surface area contributed by atoms with Crippen molar-refractivity contribution in [2.24, 2.45) is 0 Å². The molecule has 1 unspecified atom stereocenters. The van der Waals surface area contributed by atoms with E-state index >= 15 is 0 Å². The van der Waals surface area contributed by atoms with Crippen LogP contribution in [0.5, 0.6) is 11.5 Å². The number of carbonyl (C=O) groups excluding carboxylic acids is 1. The predicted octanol–water partition coefficient (Wildman–Crippen LogP) is 3.63. The number of ether oxygens (including phenoxy) is 2. The predicted molar refractivity (Wildman–Crippen MR) is 98.6 cm³/mol. The van der Waals surface area contributed by atoms with Crippen LogP contribution in [-0.2, 0) is 11.2 Å². The van der Waals surface area contributed by atoms with Gasteiger partial charge in [-0.25, -0.2) is 0 Å². The zero-order valence-electron chi connectivity index (χ0n) is 14.3. The number of fused-ring (bicyclic) bond motifs is 1. The Hall–Kier alpha value is -2.25. The molecule has 0 spiro atoms. The molecule has 8 heteroatoms. The van der Waals surface area contributed by atoms with E-state index in [2.05, 4.69) is 0 Å². The summed E-state index contributed by atoms with van der Waals surface area (Å²) in [6.45, 7) is 0.425. The Kier molecular flexibility index (Phi) is 5.38. The summed E-state index contributed by atoms with van der Waals surface area (Å²) in [5.74, 6) is -0.0894. The first-order chi connectivity index (χ1) is 12.4. The Bertz CT molecular complexity index is 850. The van der Waals surface area contributed by atoms with Crippen LogP contribution < -0.4 is 9.47 Å². The Labute approximate surface area is 159 Å². The number of halogens is 1. The zero-order valence-corrected chi connectivity index (χ0v) is 15.9. The molecule has 26 heavy (non-hydrogen) atoms. The molecule has 0 fully saturated rings. The van der Waals surface area contributed by atoms with Gasteiger partial charge in [-0.05, 0) is 41.8 Å². The molecule has 3 rings (SSSR count). The van der Waals surface area contributed by atoms with Crippen LogP contribution in [0.2, 0.25) is 4.34 Å². The summed E-state index contributed by atoms with van der Waals surface area (Å²) in [5, 5.41) is 9.38. The average molecular weight is 396 g/mol. The highest BCUT2D eigenvalue weighted by atomic mass is 35.5. The molecular weight excluding hydrogens is 378 g/mol. The molecule has 2 heterocycles. The third-order valence-electron chi connectivity index (χ3n) is 4.42. The molecule has 1 aromatic heterocycles. The average Bonchev–Trinajstić information content (AvgIpc) is 3.06. The third kappa shape index (κ3) is 3.50. The van der Waals surface area contributed by atoms with Gasteiger partial charge in [-0.3, -0.25) is 9.59 Å². The van der Waals surface area contributed by atoms with Crippen LogP contribution in [0.25, 0.3) is 0 Å². The topological polar surface area (TPSA) is 76.1 Å². The lowest BCUT2D eigenvalue weighted by atomic mass is 9.90. The highest BCUT2D eigenvalue weighted by molar-refractivity contribution is 7.17.